The SMILES string of the molecule is C1CCCCCCC1.O=C(/C=C(\O)C(F)(F)F)C(F)(F)F.[Cu]. The molecule has 0 unspecified atom stereocenters. The van der Waals surface area contributed by atoms with E-state index in [0.717, 1.165) is 0 Å². The smallest absolute Gasteiger partial charge is 0.454 e. The van der Waals surface area contributed by atoms with Crippen LogP contribution in [0.5, 0.6) is 0 Å². The quantitative estimate of drug-likeness (QED) is 0.291. The third-order valence-corrected chi connectivity index (χ3v) is 2.84. The fourth-order valence-electron chi connectivity index (χ4n) is 1.70. The summed E-state index contributed by atoms with van der Waals surface area (Å²) >= 11 is 0. The van der Waals surface area contributed by atoms with Gasteiger partial charge >= 0.3 is 12.4 Å². The number of allylic oxidation sites excluding steroid dienone is 2. The van der Waals surface area contributed by atoms with Crippen molar-refractivity contribution >= 4 is 5.78 Å². The van der Waals surface area contributed by atoms with Gasteiger partial charge in [0.2, 0.25) is 5.76 Å². The normalized spacial score (nSPS) is 17.3. The molecular weight excluding hydrogens is 366 g/mol. The molecule has 1 aliphatic carbocycles. The molecule has 1 aliphatic rings. The first-order chi connectivity index (χ1) is 9.55. The Morgan fingerprint density at radius 2 is 1.00 bits per heavy atom. The van der Waals surface area contributed by atoms with Gasteiger partial charge in [-0.3, -0.25) is 4.79 Å². The molecule has 0 amide bonds. The van der Waals surface area contributed by atoms with E-state index in [4.69, 9.17) is 5.11 Å². The standard InChI is InChI=1S/C8H16.C5H2F6O2.Cu/c1-2-4-6-8-7-5-3-1;6-4(7,8)2(12)1-3(13)5(9,10)11;/h1-8H2;1,12H;/b;2-1-;. The average Bonchev–Trinajstić information content (AvgIpc) is 2.25. The van der Waals surface area contributed by atoms with Crippen molar-refractivity contribution in [3.63, 3.8) is 0 Å². The fourth-order valence-corrected chi connectivity index (χ4v) is 1.70. The van der Waals surface area contributed by atoms with Crippen LogP contribution in [0.1, 0.15) is 51.4 Å². The van der Waals surface area contributed by atoms with E-state index in [2.05, 4.69) is 0 Å². The summed E-state index contributed by atoms with van der Waals surface area (Å²) in [4.78, 5) is 9.86. The van der Waals surface area contributed by atoms with Gasteiger partial charge in [-0.2, -0.15) is 26.3 Å². The van der Waals surface area contributed by atoms with Crippen molar-refractivity contribution in [2.75, 3.05) is 0 Å². The Labute approximate surface area is 135 Å². The third kappa shape index (κ3) is 11.9. The number of aliphatic hydroxyl groups excluding tert-OH is 1. The van der Waals surface area contributed by atoms with Crippen LogP contribution in [-0.2, 0) is 21.9 Å². The van der Waals surface area contributed by atoms with E-state index in [-0.39, 0.29) is 17.1 Å². The van der Waals surface area contributed by atoms with Gasteiger partial charge in [-0.25, -0.2) is 0 Å². The predicted molar refractivity (Wildman–Crippen MR) is 64.8 cm³/mol. The summed E-state index contributed by atoms with van der Waals surface area (Å²) in [7, 11) is 0. The molecule has 9 heteroatoms. The van der Waals surface area contributed by atoms with Crippen molar-refractivity contribution in [1.82, 2.24) is 0 Å². The molecule has 0 aromatic rings. The van der Waals surface area contributed by atoms with Crippen LogP contribution >= 0.6 is 0 Å². The number of carbonyl (C=O) groups excluding carboxylic acids is 1. The van der Waals surface area contributed by atoms with E-state index in [1.165, 1.54) is 51.4 Å². The molecule has 0 atom stereocenters. The van der Waals surface area contributed by atoms with Crippen molar-refractivity contribution in [2.45, 2.75) is 63.7 Å². The predicted octanol–water partition coefficient (Wildman–Crippen LogP) is 5.24. The van der Waals surface area contributed by atoms with Crippen LogP contribution in [0, 0.1) is 0 Å². The molecular formula is C13H18CuF6O2. The largest absolute Gasteiger partial charge is 0.504 e. The zero-order valence-electron chi connectivity index (χ0n) is 11.7. The van der Waals surface area contributed by atoms with E-state index < -0.39 is 30.0 Å². The number of alkyl halides is 6. The average molecular weight is 384 g/mol. The van der Waals surface area contributed by atoms with Crippen LogP contribution in [-0.4, -0.2) is 23.2 Å². The van der Waals surface area contributed by atoms with Gasteiger partial charge in [0.25, 0.3) is 5.78 Å². The molecule has 0 bridgehead atoms. The first-order valence-electron chi connectivity index (χ1n) is 6.64. The maximum Gasteiger partial charge on any atom is 0.454 e. The second-order valence-corrected chi connectivity index (χ2v) is 4.72. The molecule has 0 heterocycles. The van der Waals surface area contributed by atoms with Crippen molar-refractivity contribution < 1.29 is 53.3 Å². The number of hydrogen-bond acceptors (Lipinski definition) is 2. The van der Waals surface area contributed by atoms with Crippen LogP contribution in [0.4, 0.5) is 26.3 Å². The van der Waals surface area contributed by atoms with Gasteiger partial charge in [-0.15, -0.1) is 0 Å². The van der Waals surface area contributed by atoms with Gasteiger partial charge < -0.3 is 5.11 Å². The van der Waals surface area contributed by atoms with E-state index in [1.54, 1.807) is 0 Å². The minimum absolute atomic E-state index is 0. The molecule has 0 aromatic heterocycles. The van der Waals surface area contributed by atoms with Crippen LogP contribution in [0.25, 0.3) is 0 Å². The Kier molecular flexibility index (Phi) is 11.7. The fraction of sp³-hybridized carbons (Fsp3) is 0.769. The molecule has 0 aliphatic heterocycles. The zero-order valence-corrected chi connectivity index (χ0v) is 12.6. The molecule has 1 saturated carbocycles. The number of rotatable bonds is 1. The third-order valence-electron chi connectivity index (χ3n) is 2.84. The van der Waals surface area contributed by atoms with E-state index in [0.29, 0.717) is 0 Å². The number of hydrogen-bond donors (Lipinski definition) is 1. The van der Waals surface area contributed by atoms with Crippen molar-refractivity contribution in [1.29, 1.82) is 0 Å². The zero-order chi connectivity index (χ0) is 16.5. The Bertz CT molecular complexity index is 325. The number of aliphatic hydroxyl groups is 1. The van der Waals surface area contributed by atoms with E-state index >= 15 is 0 Å². The van der Waals surface area contributed by atoms with Gasteiger partial charge in [0.1, 0.15) is 0 Å². The van der Waals surface area contributed by atoms with Crippen molar-refractivity contribution in [3.8, 4) is 0 Å². The number of ketones is 1. The van der Waals surface area contributed by atoms with E-state index in [1.807, 2.05) is 0 Å². The topological polar surface area (TPSA) is 37.3 Å². The molecule has 1 radical (unpaired) electrons. The maximum absolute atomic E-state index is 11.4. The molecule has 0 aromatic carbocycles. The minimum Gasteiger partial charge on any atom is -0.504 e. The monoisotopic (exact) mass is 383 g/mol. The molecule has 1 rings (SSSR count). The molecule has 1 fully saturated rings. The van der Waals surface area contributed by atoms with E-state index in [9.17, 15) is 31.1 Å². The second kappa shape index (κ2) is 10.9. The molecule has 2 nitrogen and oxygen atoms in total. The van der Waals surface area contributed by atoms with Gasteiger partial charge in [0.05, 0.1) is 0 Å². The Morgan fingerprint density at radius 3 is 1.18 bits per heavy atom. The molecule has 135 valence electrons. The molecule has 1 N–H and O–H groups in total. The summed E-state index contributed by atoms with van der Waals surface area (Å²) in [6.45, 7) is 0. The summed E-state index contributed by atoms with van der Waals surface area (Å²) in [5.41, 5.74) is 0. The molecule has 0 spiro atoms. The summed E-state index contributed by atoms with van der Waals surface area (Å²) in [5.74, 6) is -5.34. The van der Waals surface area contributed by atoms with Gasteiger partial charge in [-0.1, -0.05) is 51.4 Å². The summed E-state index contributed by atoms with van der Waals surface area (Å²) in [6.07, 6.45) is 0.320. The molecule has 22 heavy (non-hydrogen) atoms. The van der Waals surface area contributed by atoms with Crippen molar-refractivity contribution in [2.24, 2.45) is 0 Å². The summed E-state index contributed by atoms with van der Waals surface area (Å²) in [5, 5.41) is 7.93. The van der Waals surface area contributed by atoms with Gasteiger partial charge in [-0.05, 0) is 0 Å². The summed E-state index contributed by atoms with van der Waals surface area (Å²) in [6, 6.07) is 0. The van der Waals surface area contributed by atoms with Crippen LogP contribution in [0.2, 0.25) is 0 Å². The first kappa shape index (κ1) is 23.6. The van der Waals surface area contributed by atoms with Crippen molar-refractivity contribution in [3.05, 3.63) is 11.8 Å². The first-order valence-corrected chi connectivity index (χ1v) is 6.64. The Hall–Kier alpha value is -0.691. The minimum atomic E-state index is -5.42. The second-order valence-electron chi connectivity index (χ2n) is 4.72. The summed E-state index contributed by atoms with van der Waals surface area (Å²) < 4.78 is 68.1. The van der Waals surface area contributed by atoms with Gasteiger partial charge in [0, 0.05) is 23.1 Å². The Morgan fingerprint density at radius 1 is 0.727 bits per heavy atom. The number of halogens is 6. The Balaban J connectivity index is 0. The van der Waals surface area contributed by atoms with Crippen LogP contribution in [0.3, 0.4) is 0 Å². The molecule has 0 saturated heterocycles. The van der Waals surface area contributed by atoms with Crippen LogP contribution in [0.15, 0.2) is 11.8 Å². The maximum atomic E-state index is 11.4. The van der Waals surface area contributed by atoms with Crippen LogP contribution < -0.4 is 0 Å². The van der Waals surface area contributed by atoms with Gasteiger partial charge in [0.15, 0.2) is 0 Å². The number of carbonyl (C=O) groups is 1.